The molecule has 3 aromatic heterocycles. The Morgan fingerprint density at radius 2 is 1.94 bits per heavy atom. The van der Waals surface area contributed by atoms with E-state index in [1.165, 1.54) is 18.5 Å². The number of halogens is 1. The molecule has 0 N–H and O–H groups in total. The van der Waals surface area contributed by atoms with E-state index >= 15 is 0 Å². The van der Waals surface area contributed by atoms with E-state index < -0.39 is 15.7 Å². The number of sulfone groups is 1. The van der Waals surface area contributed by atoms with Crippen molar-refractivity contribution in [3.8, 4) is 17.1 Å². The standard InChI is InChI=1S/C23H26FN7O4S/c1-13(2)21-27-23(35-29-21)31-9-7-14(8-10-31)34-22-20-19(25-12-26-22)18(28-30(20)3)16-6-5-15(11-17(16)24)36(4,32)33/h5-6,11-14H,7-10H2,1-4H3. The molecular weight excluding hydrogens is 489 g/mol. The van der Waals surface area contributed by atoms with Crippen LogP contribution in [-0.4, -0.2) is 63.8 Å². The van der Waals surface area contributed by atoms with Gasteiger partial charge in [0.1, 0.15) is 35.0 Å². The van der Waals surface area contributed by atoms with E-state index in [1.807, 2.05) is 18.7 Å². The van der Waals surface area contributed by atoms with Gasteiger partial charge in [0.15, 0.2) is 15.7 Å². The lowest BCUT2D eigenvalue weighted by Crippen LogP contribution is -2.38. The molecule has 4 aromatic rings. The van der Waals surface area contributed by atoms with Gasteiger partial charge in [-0.1, -0.05) is 19.0 Å². The molecule has 13 heteroatoms. The van der Waals surface area contributed by atoms with Gasteiger partial charge in [0, 0.05) is 50.7 Å². The van der Waals surface area contributed by atoms with Crippen molar-refractivity contribution in [2.75, 3.05) is 24.2 Å². The fourth-order valence-corrected chi connectivity index (χ4v) is 4.81. The van der Waals surface area contributed by atoms with E-state index in [9.17, 15) is 12.8 Å². The summed E-state index contributed by atoms with van der Waals surface area (Å²) in [6.45, 7) is 5.40. The fraction of sp³-hybridized carbons (Fsp3) is 0.435. The van der Waals surface area contributed by atoms with Crippen LogP contribution < -0.4 is 9.64 Å². The van der Waals surface area contributed by atoms with E-state index in [2.05, 4.69) is 25.2 Å². The summed E-state index contributed by atoms with van der Waals surface area (Å²) < 4.78 is 51.6. The van der Waals surface area contributed by atoms with Crippen molar-refractivity contribution in [3.05, 3.63) is 36.2 Å². The van der Waals surface area contributed by atoms with Crippen LogP contribution in [0.5, 0.6) is 5.88 Å². The average Bonchev–Trinajstić information content (AvgIpc) is 3.45. The quantitative estimate of drug-likeness (QED) is 0.378. The minimum atomic E-state index is -3.54. The molecular formula is C23H26FN7O4S. The monoisotopic (exact) mass is 515 g/mol. The predicted octanol–water partition coefficient (Wildman–Crippen LogP) is 3.13. The van der Waals surface area contributed by atoms with Gasteiger partial charge in [-0.15, -0.1) is 0 Å². The van der Waals surface area contributed by atoms with Gasteiger partial charge in [-0.2, -0.15) is 15.1 Å². The summed E-state index contributed by atoms with van der Waals surface area (Å²) in [5.74, 6) is 0.528. The summed E-state index contributed by atoms with van der Waals surface area (Å²) in [7, 11) is -1.83. The SMILES string of the molecule is CC(C)c1noc(N2CCC(Oc3ncnc4c(-c5ccc(S(C)(=O)=O)cc5F)nn(C)c34)CC2)n1. The van der Waals surface area contributed by atoms with E-state index in [0.717, 1.165) is 25.2 Å². The molecule has 0 saturated carbocycles. The maximum atomic E-state index is 14.9. The highest BCUT2D eigenvalue weighted by Gasteiger charge is 2.27. The zero-order chi connectivity index (χ0) is 25.6. The summed E-state index contributed by atoms with van der Waals surface area (Å²) in [6, 6.07) is 4.26. The number of aryl methyl sites for hydroxylation is 1. The lowest BCUT2D eigenvalue weighted by Gasteiger charge is -2.30. The highest BCUT2D eigenvalue weighted by atomic mass is 32.2. The lowest BCUT2D eigenvalue weighted by atomic mass is 10.1. The summed E-state index contributed by atoms with van der Waals surface area (Å²) in [5.41, 5.74) is 1.37. The van der Waals surface area contributed by atoms with Crippen molar-refractivity contribution in [2.45, 2.75) is 43.6 Å². The molecule has 1 aromatic carbocycles. The molecule has 190 valence electrons. The van der Waals surface area contributed by atoms with Gasteiger partial charge in [0.25, 0.3) is 0 Å². The fourth-order valence-electron chi connectivity index (χ4n) is 4.17. The van der Waals surface area contributed by atoms with Crippen LogP contribution in [0.1, 0.15) is 38.4 Å². The van der Waals surface area contributed by atoms with Gasteiger partial charge in [-0.25, -0.2) is 17.8 Å². The topological polar surface area (TPSA) is 129 Å². The normalized spacial score (nSPS) is 15.2. The number of hydrogen-bond donors (Lipinski definition) is 0. The van der Waals surface area contributed by atoms with Crippen molar-refractivity contribution >= 4 is 26.9 Å². The molecule has 4 heterocycles. The molecule has 0 radical (unpaired) electrons. The average molecular weight is 516 g/mol. The molecule has 1 aliphatic heterocycles. The smallest absolute Gasteiger partial charge is 0.324 e. The van der Waals surface area contributed by atoms with Crippen LogP contribution in [0.2, 0.25) is 0 Å². The van der Waals surface area contributed by atoms with Crippen LogP contribution in [0.3, 0.4) is 0 Å². The van der Waals surface area contributed by atoms with E-state index in [4.69, 9.17) is 9.26 Å². The van der Waals surface area contributed by atoms with Gasteiger partial charge in [-0.05, 0) is 18.2 Å². The number of ether oxygens (including phenoxy) is 1. The first-order valence-electron chi connectivity index (χ1n) is 11.5. The van der Waals surface area contributed by atoms with Crippen LogP contribution in [-0.2, 0) is 16.9 Å². The molecule has 0 spiro atoms. The highest BCUT2D eigenvalue weighted by molar-refractivity contribution is 7.90. The van der Waals surface area contributed by atoms with E-state index in [-0.39, 0.29) is 28.2 Å². The summed E-state index contributed by atoms with van der Waals surface area (Å²) >= 11 is 0. The van der Waals surface area contributed by atoms with Crippen molar-refractivity contribution in [1.82, 2.24) is 29.9 Å². The van der Waals surface area contributed by atoms with Crippen molar-refractivity contribution < 1.29 is 22.1 Å². The van der Waals surface area contributed by atoms with Gasteiger partial charge >= 0.3 is 6.01 Å². The van der Waals surface area contributed by atoms with Crippen molar-refractivity contribution in [1.29, 1.82) is 0 Å². The van der Waals surface area contributed by atoms with Crippen LogP contribution in [0.15, 0.2) is 33.9 Å². The van der Waals surface area contributed by atoms with Crippen LogP contribution >= 0.6 is 0 Å². The molecule has 1 saturated heterocycles. The lowest BCUT2D eigenvalue weighted by molar-refractivity contribution is 0.163. The summed E-state index contributed by atoms with van der Waals surface area (Å²) in [6.07, 6.45) is 3.72. The van der Waals surface area contributed by atoms with E-state index in [1.54, 1.807) is 11.7 Å². The number of rotatable bonds is 6. The van der Waals surface area contributed by atoms with Gasteiger partial charge in [0.2, 0.25) is 5.88 Å². The first kappa shape index (κ1) is 24.1. The summed E-state index contributed by atoms with van der Waals surface area (Å²) in [5, 5.41) is 8.47. The third-order valence-electron chi connectivity index (χ3n) is 6.15. The summed E-state index contributed by atoms with van der Waals surface area (Å²) in [4.78, 5) is 15.0. The number of aromatic nitrogens is 6. The van der Waals surface area contributed by atoms with Crippen molar-refractivity contribution in [2.24, 2.45) is 7.05 Å². The molecule has 5 rings (SSSR count). The van der Waals surface area contributed by atoms with Crippen LogP contribution in [0, 0.1) is 5.82 Å². The zero-order valence-electron chi connectivity index (χ0n) is 20.3. The zero-order valence-corrected chi connectivity index (χ0v) is 21.2. The third kappa shape index (κ3) is 4.50. The molecule has 0 unspecified atom stereocenters. The Balaban J connectivity index is 1.37. The number of anilines is 1. The van der Waals surface area contributed by atoms with E-state index in [0.29, 0.717) is 41.8 Å². The maximum absolute atomic E-state index is 14.9. The number of hydrogen-bond acceptors (Lipinski definition) is 10. The molecule has 1 fully saturated rings. The predicted molar refractivity (Wildman–Crippen MR) is 129 cm³/mol. The van der Waals surface area contributed by atoms with Gasteiger partial charge < -0.3 is 14.2 Å². The maximum Gasteiger partial charge on any atom is 0.324 e. The van der Waals surface area contributed by atoms with Crippen molar-refractivity contribution in [3.63, 3.8) is 0 Å². The van der Waals surface area contributed by atoms with Gasteiger partial charge in [-0.3, -0.25) is 4.68 Å². The molecule has 36 heavy (non-hydrogen) atoms. The Bertz CT molecular complexity index is 1520. The molecule has 0 bridgehead atoms. The molecule has 0 atom stereocenters. The second-order valence-electron chi connectivity index (χ2n) is 9.16. The Labute approximate surface area is 207 Å². The second kappa shape index (κ2) is 9.12. The molecule has 11 nitrogen and oxygen atoms in total. The number of fused-ring (bicyclic) bond motifs is 1. The Hall–Kier alpha value is -3.61. The third-order valence-corrected chi connectivity index (χ3v) is 7.26. The molecule has 0 aliphatic carbocycles. The second-order valence-corrected chi connectivity index (χ2v) is 11.2. The minimum absolute atomic E-state index is 0.101. The van der Waals surface area contributed by atoms with Crippen LogP contribution in [0.25, 0.3) is 22.3 Å². The molecule has 0 amide bonds. The largest absolute Gasteiger partial charge is 0.473 e. The number of piperidine rings is 1. The Morgan fingerprint density at radius 3 is 2.58 bits per heavy atom. The first-order chi connectivity index (χ1) is 17.1. The Kier molecular flexibility index (Phi) is 6.10. The van der Waals surface area contributed by atoms with Gasteiger partial charge in [0.05, 0.1) is 4.90 Å². The molecule has 1 aliphatic rings. The minimum Gasteiger partial charge on any atom is -0.473 e. The number of benzene rings is 1. The first-order valence-corrected chi connectivity index (χ1v) is 13.4. The Morgan fingerprint density at radius 1 is 1.19 bits per heavy atom. The highest BCUT2D eigenvalue weighted by Crippen LogP contribution is 2.33. The van der Waals surface area contributed by atoms with Crippen LogP contribution in [0.4, 0.5) is 10.4 Å². The number of nitrogens with zero attached hydrogens (tertiary/aromatic N) is 7.